The molecule has 0 radical (unpaired) electrons. The largest absolute Gasteiger partial charge is 0.462 e. The number of carbonyl (C=O) groups excluding carboxylic acids is 1. The van der Waals surface area contributed by atoms with Crippen LogP contribution in [-0.2, 0) is 28.6 Å². The van der Waals surface area contributed by atoms with Crippen LogP contribution >= 0.6 is 0 Å². The van der Waals surface area contributed by atoms with Crippen LogP contribution in [0, 0.1) is 11.8 Å². The summed E-state index contributed by atoms with van der Waals surface area (Å²) in [5.74, 6) is 5.53. The molecule has 1 aromatic carbocycles. The van der Waals surface area contributed by atoms with Gasteiger partial charge in [0.15, 0.2) is 0 Å². The molecule has 1 N–H and O–H groups in total. The highest BCUT2D eigenvalue weighted by Crippen LogP contribution is 2.34. The molecule has 4 rings (SSSR count). The molecular formula is C28H26N2O4. The van der Waals surface area contributed by atoms with Crippen molar-refractivity contribution in [2.45, 2.75) is 32.8 Å². The van der Waals surface area contributed by atoms with Gasteiger partial charge in [0.1, 0.15) is 5.60 Å². The molecule has 0 saturated carbocycles. The van der Waals surface area contributed by atoms with Gasteiger partial charge in [-0.25, -0.2) is 4.79 Å². The number of aliphatic hydroxyl groups is 1. The van der Waals surface area contributed by atoms with Gasteiger partial charge in [-0.05, 0) is 49.6 Å². The number of benzene rings is 1. The zero-order chi connectivity index (χ0) is 24.5. The van der Waals surface area contributed by atoms with Crippen LogP contribution in [-0.4, -0.2) is 27.2 Å². The molecule has 6 nitrogen and oxygen atoms in total. The number of fused-ring (bicyclic) bond motifs is 1. The van der Waals surface area contributed by atoms with Crippen LogP contribution in [0.25, 0.3) is 16.7 Å². The molecule has 34 heavy (non-hydrogen) atoms. The van der Waals surface area contributed by atoms with Gasteiger partial charge in [0, 0.05) is 48.7 Å². The van der Waals surface area contributed by atoms with E-state index in [9.17, 15) is 14.7 Å². The van der Waals surface area contributed by atoms with E-state index >= 15 is 0 Å². The van der Waals surface area contributed by atoms with Crippen molar-refractivity contribution in [1.29, 1.82) is 0 Å². The number of hydrogen-bond acceptors (Lipinski definition) is 5. The molecule has 3 aromatic rings. The third-order valence-electron chi connectivity index (χ3n) is 5.93. The van der Waals surface area contributed by atoms with Crippen LogP contribution < -0.4 is 5.56 Å². The smallest absolute Gasteiger partial charge is 0.338 e. The van der Waals surface area contributed by atoms with Gasteiger partial charge < -0.3 is 14.4 Å². The van der Waals surface area contributed by atoms with Crippen LogP contribution in [0.1, 0.15) is 43.0 Å². The highest BCUT2D eigenvalue weighted by atomic mass is 16.5. The molecule has 0 fully saturated rings. The number of hydrogen-bond donors (Lipinski definition) is 1. The Kier molecular flexibility index (Phi) is 6.23. The Morgan fingerprint density at radius 3 is 2.74 bits per heavy atom. The number of nitrogens with zero attached hydrogens (tertiary/aromatic N) is 2. The summed E-state index contributed by atoms with van der Waals surface area (Å²) >= 11 is 0. The van der Waals surface area contributed by atoms with Gasteiger partial charge in [-0.3, -0.25) is 9.78 Å². The molecule has 2 aromatic heterocycles. The lowest BCUT2D eigenvalue weighted by Crippen LogP contribution is -2.23. The molecular weight excluding hydrogens is 428 g/mol. The monoisotopic (exact) mass is 454 g/mol. The quantitative estimate of drug-likeness (QED) is 0.481. The number of carbonyl (C=O) groups is 1. The second-order valence-corrected chi connectivity index (χ2v) is 8.51. The number of pyridine rings is 2. The lowest BCUT2D eigenvalue weighted by molar-refractivity contribution is -0.136. The average Bonchev–Trinajstić information content (AvgIpc) is 3.19. The highest BCUT2D eigenvalue weighted by molar-refractivity contribution is 6.19. The number of ether oxygens (including phenoxy) is 1. The van der Waals surface area contributed by atoms with Gasteiger partial charge in [-0.1, -0.05) is 41.7 Å². The molecule has 1 aliphatic rings. The van der Waals surface area contributed by atoms with Crippen LogP contribution in [0.4, 0.5) is 0 Å². The van der Waals surface area contributed by atoms with E-state index in [2.05, 4.69) is 16.8 Å². The van der Waals surface area contributed by atoms with Crippen molar-refractivity contribution >= 4 is 11.5 Å². The Morgan fingerprint density at radius 2 is 2.03 bits per heavy atom. The first-order valence-corrected chi connectivity index (χ1v) is 11.1. The number of rotatable bonds is 4. The first kappa shape index (κ1) is 23.2. The minimum Gasteiger partial charge on any atom is -0.462 e. The molecule has 1 unspecified atom stereocenters. The first-order valence-electron chi connectivity index (χ1n) is 11.1. The van der Waals surface area contributed by atoms with Crippen molar-refractivity contribution in [2.24, 2.45) is 7.05 Å². The molecule has 0 bridgehead atoms. The van der Waals surface area contributed by atoms with Crippen LogP contribution in [0.5, 0.6) is 0 Å². The summed E-state index contributed by atoms with van der Waals surface area (Å²) in [4.78, 5) is 29.6. The lowest BCUT2D eigenvalue weighted by Gasteiger charge is -2.18. The summed E-state index contributed by atoms with van der Waals surface area (Å²) < 4.78 is 6.70. The number of esters is 1. The van der Waals surface area contributed by atoms with Crippen LogP contribution in [0.15, 0.2) is 65.4 Å². The van der Waals surface area contributed by atoms with E-state index in [-0.39, 0.29) is 12.2 Å². The molecule has 0 aliphatic heterocycles. The Balaban J connectivity index is 1.79. The number of aromatic nitrogens is 2. The fraction of sp³-hybridized carbons (Fsp3) is 0.250. The van der Waals surface area contributed by atoms with Gasteiger partial charge in [-0.15, -0.1) is 0 Å². The third-order valence-corrected chi connectivity index (χ3v) is 5.93. The summed E-state index contributed by atoms with van der Waals surface area (Å²) in [6.45, 7) is 5.42. The van der Waals surface area contributed by atoms with Gasteiger partial charge >= 0.3 is 5.97 Å². The zero-order valence-corrected chi connectivity index (χ0v) is 19.7. The molecule has 0 saturated heterocycles. The number of aryl methyl sites for hydroxylation is 1. The van der Waals surface area contributed by atoms with Crippen molar-refractivity contribution < 1.29 is 14.6 Å². The Bertz CT molecular complexity index is 1420. The van der Waals surface area contributed by atoms with Gasteiger partial charge in [0.25, 0.3) is 5.56 Å². The van der Waals surface area contributed by atoms with Crippen LogP contribution in [0.2, 0.25) is 0 Å². The molecule has 1 atom stereocenters. The van der Waals surface area contributed by atoms with E-state index in [1.807, 2.05) is 43.3 Å². The van der Waals surface area contributed by atoms with Crippen molar-refractivity contribution in [1.82, 2.24) is 9.55 Å². The van der Waals surface area contributed by atoms with Gasteiger partial charge in [-0.2, -0.15) is 0 Å². The standard InChI is InChI=1S/C28H26N2O4/c1-5-34-27(32)24-18(2)14-23-25(24)21(17-30(4)26(23)31)11-12-28(3,33)22-10-6-8-19(15-22)20-9-7-13-29-16-20/h6-10,13,15-17,33H,5,14H2,1-4H3. The summed E-state index contributed by atoms with van der Waals surface area (Å²) in [5, 5.41) is 11.2. The normalized spacial score (nSPS) is 14.1. The summed E-state index contributed by atoms with van der Waals surface area (Å²) in [5.41, 5.74) is 3.52. The Labute approximate surface area is 198 Å². The van der Waals surface area contributed by atoms with E-state index in [0.717, 1.165) is 16.7 Å². The van der Waals surface area contributed by atoms with Crippen molar-refractivity contribution in [2.75, 3.05) is 6.61 Å². The highest BCUT2D eigenvalue weighted by Gasteiger charge is 2.31. The molecule has 2 heterocycles. The van der Waals surface area contributed by atoms with Crippen LogP contribution in [0.3, 0.4) is 0 Å². The number of allylic oxidation sites excluding steroid dienone is 1. The topological polar surface area (TPSA) is 81.4 Å². The molecule has 0 amide bonds. The predicted molar refractivity (Wildman–Crippen MR) is 131 cm³/mol. The van der Waals surface area contributed by atoms with E-state index in [1.165, 1.54) is 4.57 Å². The fourth-order valence-corrected chi connectivity index (χ4v) is 4.19. The predicted octanol–water partition coefficient (Wildman–Crippen LogP) is 3.60. The van der Waals surface area contributed by atoms with Crippen molar-refractivity contribution in [3.05, 3.63) is 93.2 Å². The third kappa shape index (κ3) is 4.30. The van der Waals surface area contributed by atoms with E-state index in [0.29, 0.717) is 34.2 Å². The minimum atomic E-state index is -1.47. The van der Waals surface area contributed by atoms with E-state index in [1.54, 1.807) is 39.5 Å². The molecule has 1 aliphatic carbocycles. The minimum absolute atomic E-state index is 0.171. The Hall–Kier alpha value is -3.95. The summed E-state index contributed by atoms with van der Waals surface area (Å²) in [6, 6.07) is 11.3. The summed E-state index contributed by atoms with van der Waals surface area (Å²) in [7, 11) is 1.65. The first-order chi connectivity index (χ1) is 16.2. The fourth-order valence-electron chi connectivity index (χ4n) is 4.19. The summed E-state index contributed by atoms with van der Waals surface area (Å²) in [6.07, 6.45) is 5.45. The maximum Gasteiger partial charge on any atom is 0.338 e. The SMILES string of the molecule is CCOC(=O)C1=C(C)Cc2c1c(C#CC(C)(O)c1cccc(-c3cccnc3)c1)cn(C)c2=O. The van der Waals surface area contributed by atoms with Crippen molar-refractivity contribution in [3.8, 4) is 23.0 Å². The van der Waals surface area contributed by atoms with Gasteiger partial charge in [0.05, 0.1) is 12.2 Å². The second-order valence-electron chi connectivity index (χ2n) is 8.51. The Morgan fingerprint density at radius 1 is 1.26 bits per heavy atom. The molecule has 172 valence electrons. The average molecular weight is 455 g/mol. The molecule has 0 spiro atoms. The maximum atomic E-state index is 12.8. The lowest BCUT2D eigenvalue weighted by atomic mass is 9.92. The zero-order valence-electron chi connectivity index (χ0n) is 19.7. The maximum absolute atomic E-state index is 12.8. The van der Waals surface area contributed by atoms with Crippen molar-refractivity contribution in [3.63, 3.8) is 0 Å². The second kappa shape index (κ2) is 9.12. The van der Waals surface area contributed by atoms with E-state index in [4.69, 9.17) is 4.74 Å². The molecule has 6 heteroatoms. The van der Waals surface area contributed by atoms with E-state index < -0.39 is 11.6 Å². The van der Waals surface area contributed by atoms with Gasteiger partial charge in [0.2, 0.25) is 0 Å².